The van der Waals surface area contributed by atoms with Crippen LogP contribution >= 0.6 is 0 Å². The molecule has 0 N–H and O–H groups in total. The van der Waals surface area contributed by atoms with Crippen molar-refractivity contribution >= 4 is 17.5 Å². The molecule has 3 saturated carbocycles. The molecule has 4 rings (SSSR count). The van der Waals surface area contributed by atoms with Crippen LogP contribution in [0.2, 0.25) is 0 Å². The van der Waals surface area contributed by atoms with E-state index in [1.54, 1.807) is 0 Å². The number of ketones is 2. The molecule has 5 atom stereocenters. The first kappa shape index (κ1) is 17.0. The standard InChI is InChI=1S/C21H28O4/c1-12(22)25-19-16-5-4-13-14-6-7-18(24)21(14,3)10-8-15(13)20(16,2)11-9-17(19)23/h13-15H,4-11H2,1-3H3/t13-,14-,15-,20+,21-/m0/s1. The molecule has 0 aliphatic heterocycles. The highest BCUT2D eigenvalue weighted by molar-refractivity contribution is 5.97. The minimum Gasteiger partial charge on any atom is -0.423 e. The van der Waals surface area contributed by atoms with Gasteiger partial charge in [0.15, 0.2) is 11.5 Å². The fraction of sp³-hybridized carbons (Fsp3) is 0.762. The Bertz CT molecular complexity index is 690. The van der Waals surface area contributed by atoms with Crippen molar-refractivity contribution in [3.05, 3.63) is 11.3 Å². The quantitative estimate of drug-likeness (QED) is 0.675. The van der Waals surface area contributed by atoms with Crippen LogP contribution in [0.5, 0.6) is 0 Å². The van der Waals surface area contributed by atoms with Gasteiger partial charge in [-0.1, -0.05) is 13.8 Å². The van der Waals surface area contributed by atoms with Gasteiger partial charge in [0.05, 0.1) is 0 Å². The molecule has 0 heterocycles. The van der Waals surface area contributed by atoms with Gasteiger partial charge in [-0.3, -0.25) is 14.4 Å². The number of hydrogen-bond acceptors (Lipinski definition) is 4. The SMILES string of the molecule is CC(=O)OC1=C2CC[C@@H]3[C@H](CC[C@]4(C)C(=O)CC[C@@H]34)[C@@]2(C)CCC1=O. The van der Waals surface area contributed by atoms with Crippen molar-refractivity contribution in [1.82, 2.24) is 0 Å². The number of rotatable bonds is 1. The third kappa shape index (κ3) is 2.29. The first-order chi connectivity index (χ1) is 11.8. The largest absolute Gasteiger partial charge is 0.423 e. The average Bonchev–Trinajstić information content (AvgIpc) is 2.86. The van der Waals surface area contributed by atoms with Gasteiger partial charge in [-0.25, -0.2) is 0 Å². The van der Waals surface area contributed by atoms with Gasteiger partial charge in [0.1, 0.15) is 5.78 Å². The Kier molecular flexibility index (Phi) is 3.75. The van der Waals surface area contributed by atoms with Gasteiger partial charge >= 0.3 is 5.97 Å². The lowest BCUT2D eigenvalue weighted by Crippen LogP contribution is -2.51. The molecule has 0 aromatic heterocycles. The summed E-state index contributed by atoms with van der Waals surface area (Å²) in [6, 6.07) is 0. The summed E-state index contributed by atoms with van der Waals surface area (Å²) in [5, 5.41) is 0. The number of allylic oxidation sites excluding steroid dienone is 1. The molecule has 136 valence electrons. The second-order valence-corrected chi connectivity index (χ2v) is 9.08. The molecule has 0 amide bonds. The van der Waals surface area contributed by atoms with Crippen molar-refractivity contribution in [1.29, 1.82) is 0 Å². The Morgan fingerprint density at radius 3 is 2.40 bits per heavy atom. The molecule has 0 aromatic carbocycles. The van der Waals surface area contributed by atoms with E-state index in [-0.39, 0.29) is 16.6 Å². The van der Waals surface area contributed by atoms with E-state index in [1.807, 2.05) is 0 Å². The van der Waals surface area contributed by atoms with Crippen LogP contribution in [0.25, 0.3) is 0 Å². The van der Waals surface area contributed by atoms with Crippen molar-refractivity contribution in [3.63, 3.8) is 0 Å². The van der Waals surface area contributed by atoms with Crippen LogP contribution in [0, 0.1) is 28.6 Å². The molecule has 0 bridgehead atoms. The van der Waals surface area contributed by atoms with Crippen molar-refractivity contribution in [2.24, 2.45) is 28.6 Å². The van der Waals surface area contributed by atoms with Gasteiger partial charge in [-0.2, -0.15) is 0 Å². The Morgan fingerprint density at radius 1 is 0.960 bits per heavy atom. The van der Waals surface area contributed by atoms with E-state index < -0.39 is 5.97 Å². The Labute approximate surface area is 149 Å². The zero-order valence-electron chi connectivity index (χ0n) is 15.5. The maximum Gasteiger partial charge on any atom is 0.308 e. The summed E-state index contributed by atoms with van der Waals surface area (Å²) in [5.41, 5.74) is 0.893. The van der Waals surface area contributed by atoms with E-state index in [0.29, 0.717) is 35.7 Å². The second kappa shape index (κ2) is 5.52. The van der Waals surface area contributed by atoms with E-state index in [1.165, 1.54) is 6.92 Å². The lowest BCUT2D eigenvalue weighted by molar-refractivity contribution is -0.142. The van der Waals surface area contributed by atoms with Gasteiger partial charge in [0.25, 0.3) is 0 Å². The summed E-state index contributed by atoms with van der Waals surface area (Å²) >= 11 is 0. The third-order valence-corrected chi connectivity index (χ3v) is 8.03. The number of fused-ring (bicyclic) bond motifs is 5. The number of ether oxygens (including phenoxy) is 1. The molecule has 0 unspecified atom stereocenters. The van der Waals surface area contributed by atoms with Gasteiger partial charge < -0.3 is 4.74 Å². The predicted molar refractivity (Wildman–Crippen MR) is 92.4 cm³/mol. The van der Waals surface area contributed by atoms with Crippen molar-refractivity contribution < 1.29 is 19.1 Å². The van der Waals surface area contributed by atoms with E-state index in [4.69, 9.17) is 4.74 Å². The molecule has 4 aliphatic rings. The van der Waals surface area contributed by atoms with Gasteiger partial charge in [-0.05, 0) is 67.3 Å². The molecule has 4 heteroatoms. The number of hydrogen-bond donors (Lipinski definition) is 0. The molecular weight excluding hydrogens is 316 g/mol. The van der Waals surface area contributed by atoms with Gasteiger partial charge in [0.2, 0.25) is 0 Å². The van der Waals surface area contributed by atoms with Crippen LogP contribution in [0.1, 0.15) is 72.1 Å². The fourth-order valence-electron chi connectivity index (χ4n) is 6.70. The zero-order chi connectivity index (χ0) is 18.0. The van der Waals surface area contributed by atoms with E-state index in [2.05, 4.69) is 13.8 Å². The Morgan fingerprint density at radius 2 is 1.68 bits per heavy atom. The number of carbonyl (C=O) groups is 3. The molecule has 4 aliphatic carbocycles. The summed E-state index contributed by atoms with van der Waals surface area (Å²) < 4.78 is 5.38. The first-order valence-electron chi connectivity index (χ1n) is 9.76. The maximum atomic E-state index is 12.5. The minimum atomic E-state index is -0.403. The molecule has 0 radical (unpaired) electrons. The molecule has 0 saturated heterocycles. The monoisotopic (exact) mass is 344 g/mol. The number of carbonyl (C=O) groups excluding carboxylic acids is 3. The van der Waals surface area contributed by atoms with Crippen LogP contribution in [-0.2, 0) is 19.1 Å². The summed E-state index contributed by atoms with van der Waals surface area (Å²) in [7, 11) is 0. The normalized spacial score (nSPS) is 43.4. The highest BCUT2D eigenvalue weighted by Crippen LogP contribution is 2.64. The second-order valence-electron chi connectivity index (χ2n) is 9.08. The van der Waals surface area contributed by atoms with Gasteiger partial charge in [0, 0.05) is 25.2 Å². The van der Waals surface area contributed by atoms with Crippen LogP contribution in [-0.4, -0.2) is 17.5 Å². The smallest absolute Gasteiger partial charge is 0.308 e. The topological polar surface area (TPSA) is 60.4 Å². The van der Waals surface area contributed by atoms with Crippen LogP contribution in [0.4, 0.5) is 0 Å². The summed E-state index contributed by atoms with van der Waals surface area (Å²) in [6.45, 7) is 5.83. The van der Waals surface area contributed by atoms with Crippen molar-refractivity contribution in [2.75, 3.05) is 0 Å². The number of Topliss-reactive ketones (excluding diaryl/α,β-unsaturated/α-hetero) is 2. The Balaban J connectivity index is 1.72. The average molecular weight is 344 g/mol. The van der Waals surface area contributed by atoms with E-state index >= 15 is 0 Å². The van der Waals surface area contributed by atoms with Crippen LogP contribution < -0.4 is 0 Å². The molecule has 4 nitrogen and oxygen atoms in total. The summed E-state index contributed by atoms with van der Waals surface area (Å²) in [5.74, 6) is 1.94. The lowest BCUT2D eigenvalue weighted by Gasteiger charge is -2.57. The lowest BCUT2D eigenvalue weighted by atomic mass is 9.47. The van der Waals surface area contributed by atoms with E-state index in [9.17, 15) is 14.4 Å². The van der Waals surface area contributed by atoms with Crippen LogP contribution in [0.15, 0.2) is 11.3 Å². The molecular formula is C21H28O4. The predicted octanol–water partition coefficient (Wildman–Crippen LogP) is 3.98. The van der Waals surface area contributed by atoms with E-state index in [0.717, 1.165) is 50.5 Å². The Hall–Kier alpha value is -1.45. The highest BCUT2D eigenvalue weighted by Gasteiger charge is 2.59. The molecule has 0 aromatic rings. The van der Waals surface area contributed by atoms with Crippen molar-refractivity contribution in [3.8, 4) is 0 Å². The molecule has 3 fully saturated rings. The third-order valence-electron chi connectivity index (χ3n) is 8.03. The summed E-state index contributed by atoms with van der Waals surface area (Å²) in [4.78, 5) is 36.4. The van der Waals surface area contributed by atoms with Crippen molar-refractivity contribution in [2.45, 2.75) is 72.1 Å². The molecule has 0 spiro atoms. The summed E-state index contributed by atoms with van der Waals surface area (Å²) in [6.07, 6.45) is 6.94. The highest BCUT2D eigenvalue weighted by atomic mass is 16.5. The van der Waals surface area contributed by atoms with Crippen LogP contribution in [0.3, 0.4) is 0 Å². The minimum absolute atomic E-state index is 0.0159. The fourth-order valence-corrected chi connectivity index (χ4v) is 6.70. The van der Waals surface area contributed by atoms with Gasteiger partial charge in [-0.15, -0.1) is 0 Å². The maximum absolute atomic E-state index is 12.5. The zero-order valence-corrected chi connectivity index (χ0v) is 15.5. The number of esters is 1. The molecule has 25 heavy (non-hydrogen) atoms. The first-order valence-corrected chi connectivity index (χ1v) is 9.76.